The molecule has 2 amide bonds. The summed E-state index contributed by atoms with van der Waals surface area (Å²) in [6.07, 6.45) is 2.07. The van der Waals surface area contributed by atoms with Crippen molar-refractivity contribution in [2.24, 2.45) is 0 Å². The summed E-state index contributed by atoms with van der Waals surface area (Å²) in [6, 6.07) is 25.0. The minimum atomic E-state index is -0.676. The number of nitrogens with one attached hydrogen (secondary N) is 1. The Morgan fingerprint density at radius 3 is 2.03 bits per heavy atom. The molecule has 0 fully saturated rings. The van der Waals surface area contributed by atoms with Crippen molar-refractivity contribution in [3.8, 4) is 0 Å². The van der Waals surface area contributed by atoms with E-state index in [9.17, 15) is 14.0 Å². The molecule has 5 heteroatoms. The monoisotopic (exact) mass is 460 g/mol. The molecule has 0 radical (unpaired) electrons. The molecule has 0 bridgehead atoms. The number of rotatable bonds is 11. The Labute approximate surface area is 201 Å². The van der Waals surface area contributed by atoms with E-state index in [1.54, 1.807) is 17.0 Å². The fourth-order valence-corrected chi connectivity index (χ4v) is 3.82. The maximum absolute atomic E-state index is 13.6. The average molecular weight is 461 g/mol. The van der Waals surface area contributed by atoms with E-state index in [0.29, 0.717) is 12.8 Å². The third-order valence-corrected chi connectivity index (χ3v) is 6.01. The summed E-state index contributed by atoms with van der Waals surface area (Å²) in [5, 5.41) is 3.06. The molecule has 0 aromatic heterocycles. The fourth-order valence-electron chi connectivity index (χ4n) is 3.82. The van der Waals surface area contributed by atoms with Gasteiger partial charge in [0.2, 0.25) is 11.8 Å². The van der Waals surface area contributed by atoms with Gasteiger partial charge in [-0.1, -0.05) is 79.7 Å². The molecular formula is C29H33FN2O2. The van der Waals surface area contributed by atoms with Gasteiger partial charge in [-0.25, -0.2) is 4.39 Å². The quantitative estimate of drug-likeness (QED) is 0.421. The molecule has 0 aliphatic heterocycles. The van der Waals surface area contributed by atoms with Crippen molar-refractivity contribution in [1.82, 2.24) is 10.2 Å². The molecule has 34 heavy (non-hydrogen) atoms. The molecule has 3 rings (SSSR count). The number of halogens is 1. The van der Waals surface area contributed by atoms with Crippen LogP contribution >= 0.6 is 0 Å². The van der Waals surface area contributed by atoms with Gasteiger partial charge in [-0.3, -0.25) is 9.59 Å². The zero-order valence-electron chi connectivity index (χ0n) is 19.9. The van der Waals surface area contributed by atoms with Crippen LogP contribution in [-0.4, -0.2) is 28.8 Å². The van der Waals surface area contributed by atoms with Crippen LogP contribution in [0.3, 0.4) is 0 Å². The number of amides is 2. The van der Waals surface area contributed by atoms with E-state index in [2.05, 4.69) is 5.32 Å². The summed E-state index contributed by atoms with van der Waals surface area (Å²) in [5.74, 6) is -0.608. The Morgan fingerprint density at radius 2 is 1.44 bits per heavy atom. The van der Waals surface area contributed by atoms with Gasteiger partial charge in [0.05, 0.1) is 0 Å². The van der Waals surface area contributed by atoms with Gasteiger partial charge in [-0.15, -0.1) is 0 Å². The normalized spacial score (nSPS) is 12.6. The van der Waals surface area contributed by atoms with Crippen LogP contribution in [0.25, 0.3) is 0 Å². The molecule has 3 aromatic carbocycles. The molecule has 0 spiro atoms. The van der Waals surface area contributed by atoms with Crippen molar-refractivity contribution in [2.75, 3.05) is 0 Å². The van der Waals surface area contributed by atoms with Crippen molar-refractivity contribution in [3.05, 3.63) is 107 Å². The predicted octanol–water partition coefficient (Wildman–Crippen LogP) is 5.31. The number of hydrogen-bond acceptors (Lipinski definition) is 2. The van der Waals surface area contributed by atoms with Gasteiger partial charge in [0, 0.05) is 25.4 Å². The highest BCUT2D eigenvalue weighted by Crippen LogP contribution is 2.17. The van der Waals surface area contributed by atoms with Gasteiger partial charge in [0.1, 0.15) is 11.9 Å². The molecule has 0 saturated heterocycles. The molecule has 0 aliphatic carbocycles. The molecule has 3 aromatic rings. The van der Waals surface area contributed by atoms with Crippen LogP contribution in [0.5, 0.6) is 0 Å². The van der Waals surface area contributed by atoms with Gasteiger partial charge in [0.15, 0.2) is 0 Å². The molecule has 0 unspecified atom stereocenters. The lowest BCUT2D eigenvalue weighted by Gasteiger charge is -2.32. The summed E-state index contributed by atoms with van der Waals surface area (Å²) in [6.45, 7) is 4.21. The first-order chi connectivity index (χ1) is 16.5. The van der Waals surface area contributed by atoms with Crippen LogP contribution < -0.4 is 5.32 Å². The Hall–Kier alpha value is -3.47. The van der Waals surface area contributed by atoms with E-state index in [-0.39, 0.29) is 36.6 Å². The van der Waals surface area contributed by atoms with E-state index in [1.807, 2.05) is 74.5 Å². The van der Waals surface area contributed by atoms with E-state index >= 15 is 0 Å². The van der Waals surface area contributed by atoms with Gasteiger partial charge in [-0.05, 0) is 48.6 Å². The van der Waals surface area contributed by atoms with Crippen LogP contribution in [0.4, 0.5) is 4.39 Å². The topological polar surface area (TPSA) is 49.4 Å². The molecule has 0 heterocycles. The van der Waals surface area contributed by atoms with Crippen LogP contribution in [-0.2, 0) is 29.0 Å². The molecule has 2 atom stereocenters. The second-order valence-corrected chi connectivity index (χ2v) is 8.66. The second kappa shape index (κ2) is 12.7. The van der Waals surface area contributed by atoms with Crippen LogP contribution in [0.2, 0.25) is 0 Å². The zero-order valence-corrected chi connectivity index (χ0v) is 19.9. The summed E-state index contributed by atoms with van der Waals surface area (Å²) in [5.41, 5.74) is 2.83. The van der Waals surface area contributed by atoms with Crippen LogP contribution in [0.1, 0.15) is 43.4 Å². The van der Waals surface area contributed by atoms with Crippen molar-refractivity contribution in [1.29, 1.82) is 0 Å². The highest BCUT2D eigenvalue weighted by molar-refractivity contribution is 5.88. The number of nitrogens with zero attached hydrogens (tertiary/aromatic N) is 1. The van der Waals surface area contributed by atoms with Crippen LogP contribution in [0.15, 0.2) is 84.9 Å². The molecule has 4 nitrogen and oxygen atoms in total. The number of carbonyl (C=O) groups is 2. The number of aryl methyl sites for hydroxylation is 1. The Kier molecular flexibility index (Phi) is 9.39. The lowest BCUT2D eigenvalue weighted by molar-refractivity contribution is -0.141. The summed E-state index contributed by atoms with van der Waals surface area (Å²) < 4.78 is 13.5. The Bertz CT molecular complexity index is 1040. The van der Waals surface area contributed by atoms with Gasteiger partial charge in [-0.2, -0.15) is 0 Å². The van der Waals surface area contributed by atoms with E-state index in [0.717, 1.165) is 23.1 Å². The predicted molar refractivity (Wildman–Crippen MR) is 134 cm³/mol. The molecule has 0 saturated carbocycles. The third-order valence-electron chi connectivity index (χ3n) is 6.01. The Balaban J connectivity index is 1.90. The maximum Gasteiger partial charge on any atom is 0.243 e. The fraction of sp³-hybridized carbons (Fsp3) is 0.310. The first-order valence-corrected chi connectivity index (χ1v) is 11.9. The SMILES string of the molecule is CC[C@@H](C)NC(=O)[C@H](Cc1ccccc1)N(Cc1ccc(F)cc1)C(=O)CCc1ccccc1. The molecule has 178 valence electrons. The highest BCUT2D eigenvalue weighted by Gasteiger charge is 2.30. The van der Waals surface area contributed by atoms with Crippen molar-refractivity contribution in [3.63, 3.8) is 0 Å². The number of carbonyl (C=O) groups excluding carboxylic acids is 2. The smallest absolute Gasteiger partial charge is 0.243 e. The molecular weight excluding hydrogens is 427 g/mol. The van der Waals surface area contributed by atoms with Crippen molar-refractivity contribution in [2.45, 2.75) is 58.2 Å². The Morgan fingerprint density at radius 1 is 0.853 bits per heavy atom. The minimum absolute atomic E-state index is 0.00198. The first-order valence-electron chi connectivity index (χ1n) is 11.9. The first kappa shape index (κ1) is 25.2. The molecule has 0 aliphatic rings. The van der Waals surface area contributed by atoms with E-state index in [4.69, 9.17) is 0 Å². The number of benzene rings is 3. The van der Waals surface area contributed by atoms with Gasteiger partial charge < -0.3 is 10.2 Å². The second-order valence-electron chi connectivity index (χ2n) is 8.66. The van der Waals surface area contributed by atoms with E-state index in [1.165, 1.54) is 12.1 Å². The standard InChI is InChI=1S/C29H33FN2O2/c1-3-22(2)31-29(34)27(20-24-12-8-5-9-13-24)32(21-25-14-17-26(30)18-15-25)28(33)19-16-23-10-6-4-7-11-23/h4-15,17-18,22,27H,3,16,19-21H2,1-2H3,(H,31,34)/t22-,27+/m1/s1. The lowest BCUT2D eigenvalue weighted by atomic mass is 10.0. The summed E-state index contributed by atoms with van der Waals surface area (Å²) in [7, 11) is 0. The van der Waals surface area contributed by atoms with E-state index < -0.39 is 6.04 Å². The largest absolute Gasteiger partial charge is 0.352 e. The number of hydrogen-bond donors (Lipinski definition) is 1. The maximum atomic E-state index is 13.6. The molecule has 1 N–H and O–H groups in total. The average Bonchev–Trinajstić information content (AvgIpc) is 2.87. The van der Waals surface area contributed by atoms with Gasteiger partial charge >= 0.3 is 0 Å². The van der Waals surface area contributed by atoms with Crippen LogP contribution in [0, 0.1) is 5.82 Å². The lowest BCUT2D eigenvalue weighted by Crippen LogP contribution is -2.52. The minimum Gasteiger partial charge on any atom is -0.352 e. The highest BCUT2D eigenvalue weighted by atomic mass is 19.1. The zero-order chi connectivity index (χ0) is 24.3. The summed E-state index contributed by atoms with van der Waals surface area (Å²) in [4.78, 5) is 28.6. The van der Waals surface area contributed by atoms with Crippen molar-refractivity contribution >= 4 is 11.8 Å². The third kappa shape index (κ3) is 7.55. The van der Waals surface area contributed by atoms with Crippen molar-refractivity contribution < 1.29 is 14.0 Å². The summed E-state index contributed by atoms with van der Waals surface area (Å²) >= 11 is 0. The van der Waals surface area contributed by atoms with Gasteiger partial charge in [0.25, 0.3) is 0 Å².